The van der Waals surface area contributed by atoms with E-state index < -0.39 is 0 Å². The molecule has 0 aromatic heterocycles. The molecule has 0 amide bonds. The summed E-state index contributed by atoms with van der Waals surface area (Å²) in [6.45, 7) is 44.5. The van der Waals surface area contributed by atoms with Gasteiger partial charge in [0.15, 0.2) is 0 Å². The molecule has 0 spiro atoms. The Bertz CT molecular complexity index is 2000. The van der Waals surface area contributed by atoms with E-state index >= 15 is 0 Å². The number of halogens is 4. The second-order valence-corrected chi connectivity index (χ2v) is 18.0. The van der Waals surface area contributed by atoms with Crippen molar-refractivity contribution in [1.82, 2.24) is 0 Å². The second-order valence-electron chi connectivity index (χ2n) is 16.2. The Morgan fingerprint density at radius 3 is 0.910 bits per heavy atom. The molecule has 0 aliphatic rings. The first kappa shape index (κ1) is 77.0. The van der Waals surface area contributed by atoms with Crippen LogP contribution in [0.4, 0.5) is 0 Å². The molecule has 6 rings (SSSR count). The Balaban J connectivity index is -0.000000246. The molecule has 0 aliphatic carbocycles. The Hall–Kier alpha value is 1.05. The molecule has 0 bridgehead atoms. The minimum atomic E-state index is 0. The van der Waals surface area contributed by atoms with Crippen LogP contribution in [-0.4, -0.2) is 0 Å². The van der Waals surface area contributed by atoms with E-state index in [4.69, 9.17) is 0 Å². The van der Waals surface area contributed by atoms with Crippen molar-refractivity contribution in [2.24, 2.45) is 0 Å². The van der Waals surface area contributed by atoms with E-state index in [9.17, 15) is 0 Å². The number of aryl methyl sites for hydroxylation is 8. The van der Waals surface area contributed by atoms with Crippen molar-refractivity contribution in [2.45, 2.75) is 163 Å². The molecule has 0 saturated carbocycles. The first-order valence-electron chi connectivity index (χ1n) is 23.0. The van der Waals surface area contributed by atoms with Crippen LogP contribution in [0.25, 0.3) is 22.3 Å². The van der Waals surface area contributed by atoms with Gasteiger partial charge in [-0.1, -0.05) is 203 Å². The minimum absolute atomic E-state index is 0. The zero-order chi connectivity index (χ0) is 49.9. The Kier molecular flexibility index (Phi) is 49.9. The van der Waals surface area contributed by atoms with Crippen LogP contribution in [0.1, 0.15) is 168 Å². The van der Waals surface area contributed by atoms with Crippen LogP contribution in [0.3, 0.4) is 0 Å². The summed E-state index contributed by atoms with van der Waals surface area (Å²) in [7, 11) is 0. The van der Waals surface area contributed by atoms with Crippen LogP contribution >= 0.6 is 69.1 Å². The fraction of sp³-hybridized carbons (Fsp3) is 0.400. The monoisotopic (exact) mass is 1480 g/mol. The van der Waals surface area contributed by atoms with Gasteiger partial charge < -0.3 is 0 Å². The molecule has 0 saturated heterocycles. The number of hydrogen-bond acceptors (Lipinski definition) is 0. The molecule has 7 heteroatoms. The molecule has 0 aliphatic heterocycles. The van der Waals surface area contributed by atoms with Gasteiger partial charge >= 0.3 is 0 Å². The average Bonchev–Trinajstić information content (AvgIpc) is 3.26. The first-order chi connectivity index (χ1) is 30.3. The zero-order valence-corrected chi connectivity index (χ0v) is 61.1. The van der Waals surface area contributed by atoms with Gasteiger partial charge in [0, 0.05) is 144 Å². The molecule has 0 fully saturated rings. The van der Waals surface area contributed by atoms with Crippen LogP contribution in [0.2, 0.25) is 0 Å². The standard InChI is InChI=1S/C18H21.C17H18Br.C10H13.C9H11Br.3C2H6.I2.3Y/c1-12(2)16-6-8-17(9-7-16)18-14(4)10-13(3)11-15(18)5;1-11(2)14-5-7-15(8-6-14)17-12(3)9-16(18)10-13(17)4;1-8(2)10-6-4-9(3)5-7-10;1-6-4-9(10)5-7(2)8(6)3;4*1-2;;;/h6-8,10-12H,1-5H3;5-7,9-11H,1-4H3;4,6-8H,1-3H3;4-5H,1-3H3;3*1-2H3;;;;/q3*-1;;;;;;;;. The van der Waals surface area contributed by atoms with Gasteiger partial charge in [-0.3, -0.25) is 0 Å². The number of hydrogen-bond donors (Lipinski definition) is 0. The van der Waals surface area contributed by atoms with E-state index in [1.165, 1.54) is 93.5 Å². The normalized spacial score (nSPS) is 9.31. The van der Waals surface area contributed by atoms with Gasteiger partial charge in [0.2, 0.25) is 0 Å². The fourth-order valence-corrected chi connectivity index (χ4v) is 8.07. The van der Waals surface area contributed by atoms with Gasteiger partial charge in [0.1, 0.15) is 0 Å². The van der Waals surface area contributed by atoms with E-state index in [0.29, 0.717) is 17.8 Å². The third kappa shape index (κ3) is 28.9. The van der Waals surface area contributed by atoms with Crippen molar-refractivity contribution in [3.05, 3.63) is 185 Å². The summed E-state index contributed by atoms with van der Waals surface area (Å²) in [4.78, 5) is 0. The summed E-state index contributed by atoms with van der Waals surface area (Å²) in [6.07, 6.45) is 0. The maximum absolute atomic E-state index is 3.54. The Morgan fingerprint density at radius 2 is 0.657 bits per heavy atom. The minimum Gasteiger partial charge on any atom is -0.180 e. The van der Waals surface area contributed by atoms with Gasteiger partial charge in [0.05, 0.1) is 0 Å². The molecule has 0 nitrogen and oxygen atoms in total. The molecule has 0 unspecified atom stereocenters. The van der Waals surface area contributed by atoms with E-state index in [1.807, 2.05) is 41.5 Å². The van der Waals surface area contributed by atoms with E-state index in [2.05, 4.69) is 282 Å². The van der Waals surface area contributed by atoms with Crippen molar-refractivity contribution in [3.8, 4) is 22.3 Å². The van der Waals surface area contributed by atoms with Gasteiger partial charge in [-0.2, -0.15) is 35.4 Å². The fourth-order valence-electron chi connectivity index (χ4n) is 6.70. The first-order valence-corrected chi connectivity index (χ1v) is 30.9. The van der Waals surface area contributed by atoms with Crippen LogP contribution in [0, 0.1) is 80.5 Å². The maximum atomic E-state index is 3.54. The van der Waals surface area contributed by atoms with Crippen LogP contribution < -0.4 is 0 Å². The Morgan fingerprint density at radius 1 is 0.388 bits per heavy atom. The molecule has 3 radical (unpaired) electrons. The van der Waals surface area contributed by atoms with Crippen molar-refractivity contribution < 1.29 is 98.1 Å². The third-order valence-corrected chi connectivity index (χ3v) is 11.2. The Labute approximate surface area is 529 Å². The average molecular weight is 1480 g/mol. The summed E-state index contributed by atoms with van der Waals surface area (Å²) in [5, 5.41) is 0. The molecular formula is C60H81Br2I2Y3-3. The van der Waals surface area contributed by atoms with Crippen LogP contribution in [-0.2, 0) is 98.1 Å². The summed E-state index contributed by atoms with van der Waals surface area (Å²) >= 11 is 11.2. The zero-order valence-electron chi connectivity index (χ0n) is 45.1. The summed E-state index contributed by atoms with van der Waals surface area (Å²) < 4.78 is 2.31. The summed E-state index contributed by atoms with van der Waals surface area (Å²) in [6, 6.07) is 42.5. The van der Waals surface area contributed by atoms with Crippen molar-refractivity contribution in [2.75, 3.05) is 0 Å². The molecule has 0 heterocycles. The van der Waals surface area contributed by atoms with Gasteiger partial charge in [-0.15, -0.1) is 70.8 Å². The smallest absolute Gasteiger partial charge is 0.0180 e. The molecule has 6 aromatic rings. The maximum Gasteiger partial charge on any atom is 0.0180 e. The van der Waals surface area contributed by atoms with E-state index in [-0.39, 0.29) is 98.1 Å². The quantitative estimate of drug-likeness (QED) is 0.119. The van der Waals surface area contributed by atoms with Crippen molar-refractivity contribution in [3.63, 3.8) is 0 Å². The predicted molar refractivity (Wildman–Crippen MR) is 316 cm³/mol. The van der Waals surface area contributed by atoms with Crippen LogP contribution in [0.15, 0.2) is 99.9 Å². The summed E-state index contributed by atoms with van der Waals surface area (Å²) in [5.74, 6) is 1.75. The van der Waals surface area contributed by atoms with E-state index in [1.54, 1.807) is 0 Å². The predicted octanol–water partition coefficient (Wildman–Crippen LogP) is 22.0. The molecule has 361 valence electrons. The van der Waals surface area contributed by atoms with E-state index in [0.717, 1.165) is 4.47 Å². The second kappa shape index (κ2) is 43.5. The SMILES string of the molecule is CC.CC.CC.Cc1[c-]cc(C(C)C)cc1.Cc1cc(Br)cc(C)c1-c1[c-]cc(C(C)C)cc1.Cc1cc(Br)cc(C)c1C.Cc1cc(C)c(-c2[c-]cc(C(C)C)cc2)c(C)c1.II.[Y].[Y].[Y]. The topological polar surface area (TPSA) is 0 Å². The number of benzene rings is 6. The van der Waals surface area contributed by atoms with Crippen LogP contribution in [0.5, 0.6) is 0 Å². The molecule has 67 heavy (non-hydrogen) atoms. The van der Waals surface area contributed by atoms with Crippen molar-refractivity contribution >= 4 is 69.1 Å². The number of rotatable bonds is 5. The molecule has 6 aromatic carbocycles. The molecule has 0 atom stereocenters. The van der Waals surface area contributed by atoms with Gasteiger partial charge in [-0.25, -0.2) is 0 Å². The van der Waals surface area contributed by atoms with Gasteiger partial charge in [-0.05, 0) is 84.2 Å². The largest absolute Gasteiger partial charge is 0.180 e. The molecular weight excluding hydrogens is 1400 g/mol. The summed E-state index contributed by atoms with van der Waals surface area (Å²) in [5.41, 5.74) is 20.9. The molecule has 0 N–H and O–H groups in total. The van der Waals surface area contributed by atoms with Gasteiger partial charge in [0.25, 0.3) is 0 Å². The third-order valence-electron chi connectivity index (χ3n) is 10.3. The van der Waals surface area contributed by atoms with Crippen molar-refractivity contribution in [1.29, 1.82) is 0 Å².